The Morgan fingerprint density at radius 1 is 1.32 bits per heavy atom. The minimum Gasteiger partial charge on any atom is -0.465 e. The largest absolute Gasteiger partial charge is 0.465 e. The summed E-state index contributed by atoms with van der Waals surface area (Å²) in [5.74, 6) is -0.481. The molecule has 3 amide bonds. The number of carboxylic acid groups (broad SMARTS) is 1. The SMILES string of the molecule is CC(C)(C)OC(=O)N1CC2CCC(C1=O)N2C(=O)O. The molecule has 2 unspecified atom stereocenters. The molecule has 2 saturated heterocycles. The highest BCUT2D eigenvalue weighted by atomic mass is 16.6. The lowest BCUT2D eigenvalue weighted by Crippen LogP contribution is -2.60. The second-order valence-electron chi connectivity index (χ2n) is 5.87. The van der Waals surface area contributed by atoms with Gasteiger partial charge in [0.15, 0.2) is 0 Å². The number of likely N-dealkylation sites (tertiary alicyclic amines) is 1. The molecular weight excluding hydrogens is 252 g/mol. The molecular formula is C12H18N2O5. The zero-order chi connectivity index (χ0) is 14.4. The molecule has 7 heteroatoms. The van der Waals surface area contributed by atoms with E-state index in [1.807, 2.05) is 0 Å². The molecule has 2 fully saturated rings. The van der Waals surface area contributed by atoms with Crippen molar-refractivity contribution < 1.29 is 24.2 Å². The first kappa shape index (κ1) is 13.6. The number of carbonyl (C=O) groups excluding carboxylic acids is 2. The van der Waals surface area contributed by atoms with Crippen molar-refractivity contribution in [3.8, 4) is 0 Å². The summed E-state index contributed by atoms with van der Waals surface area (Å²) in [6, 6.07) is -1.06. The average molecular weight is 270 g/mol. The number of fused-ring (bicyclic) bond motifs is 2. The molecule has 2 heterocycles. The van der Waals surface area contributed by atoms with E-state index in [9.17, 15) is 14.4 Å². The second kappa shape index (κ2) is 4.40. The fourth-order valence-electron chi connectivity index (χ4n) is 2.56. The predicted molar refractivity (Wildman–Crippen MR) is 64.6 cm³/mol. The van der Waals surface area contributed by atoms with E-state index >= 15 is 0 Å². The summed E-state index contributed by atoms with van der Waals surface area (Å²) in [4.78, 5) is 37.4. The fraction of sp³-hybridized carbons (Fsp3) is 0.750. The maximum absolute atomic E-state index is 12.1. The monoisotopic (exact) mass is 270 g/mol. The Kier molecular flexibility index (Phi) is 3.15. The van der Waals surface area contributed by atoms with E-state index in [1.165, 1.54) is 0 Å². The topological polar surface area (TPSA) is 87.2 Å². The van der Waals surface area contributed by atoms with Crippen LogP contribution < -0.4 is 0 Å². The van der Waals surface area contributed by atoms with Crippen LogP contribution in [0.2, 0.25) is 0 Å². The van der Waals surface area contributed by atoms with Gasteiger partial charge in [0.2, 0.25) is 0 Å². The summed E-state index contributed by atoms with van der Waals surface area (Å²) in [5.41, 5.74) is -0.680. The Labute approximate surface area is 111 Å². The number of ether oxygens (including phenoxy) is 1. The summed E-state index contributed by atoms with van der Waals surface area (Å²) < 4.78 is 5.17. The van der Waals surface area contributed by atoms with Crippen molar-refractivity contribution in [1.82, 2.24) is 9.80 Å². The van der Waals surface area contributed by atoms with Crippen molar-refractivity contribution in [3.05, 3.63) is 0 Å². The third-order valence-electron chi connectivity index (χ3n) is 3.28. The van der Waals surface area contributed by atoms with Gasteiger partial charge in [-0.15, -0.1) is 0 Å². The third kappa shape index (κ3) is 2.50. The number of hydrogen-bond donors (Lipinski definition) is 1. The Hall–Kier alpha value is -1.79. The van der Waals surface area contributed by atoms with Gasteiger partial charge in [-0.05, 0) is 33.6 Å². The van der Waals surface area contributed by atoms with E-state index in [2.05, 4.69) is 0 Å². The van der Waals surface area contributed by atoms with Gasteiger partial charge in [0, 0.05) is 0 Å². The van der Waals surface area contributed by atoms with Gasteiger partial charge in [0.05, 0.1) is 12.6 Å². The van der Waals surface area contributed by atoms with Crippen LogP contribution in [0.15, 0.2) is 0 Å². The fourth-order valence-corrected chi connectivity index (χ4v) is 2.56. The Morgan fingerprint density at radius 2 is 1.95 bits per heavy atom. The minimum absolute atomic E-state index is 0.0799. The quantitative estimate of drug-likeness (QED) is 0.716. The summed E-state index contributed by atoms with van der Waals surface area (Å²) in [6.07, 6.45) is -0.735. The number of piperazine rings is 1. The van der Waals surface area contributed by atoms with Gasteiger partial charge in [-0.25, -0.2) is 14.5 Å². The van der Waals surface area contributed by atoms with Crippen LogP contribution in [0.3, 0.4) is 0 Å². The summed E-state index contributed by atoms with van der Waals surface area (Å²) in [6.45, 7) is 5.24. The maximum atomic E-state index is 12.1. The van der Waals surface area contributed by atoms with Gasteiger partial charge in [-0.3, -0.25) is 9.69 Å². The van der Waals surface area contributed by atoms with Crippen LogP contribution in [0.4, 0.5) is 9.59 Å². The molecule has 0 saturated carbocycles. The van der Waals surface area contributed by atoms with Crippen LogP contribution in [-0.4, -0.2) is 57.2 Å². The van der Waals surface area contributed by atoms with Crippen LogP contribution in [-0.2, 0) is 9.53 Å². The molecule has 1 N–H and O–H groups in total. The number of amides is 3. The van der Waals surface area contributed by atoms with Crippen molar-refractivity contribution in [2.75, 3.05) is 6.54 Å². The van der Waals surface area contributed by atoms with Crippen LogP contribution in [0.5, 0.6) is 0 Å². The number of rotatable bonds is 0. The zero-order valence-electron chi connectivity index (χ0n) is 11.3. The molecule has 0 aromatic heterocycles. The molecule has 19 heavy (non-hydrogen) atoms. The molecule has 0 aromatic rings. The molecule has 2 bridgehead atoms. The summed E-state index contributed by atoms with van der Waals surface area (Å²) in [5, 5.41) is 9.09. The smallest absolute Gasteiger partial charge is 0.417 e. The molecule has 2 atom stereocenters. The normalized spacial score (nSPS) is 26.6. The molecule has 2 aliphatic heterocycles. The first-order valence-corrected chi connectivity index (χ1v) is 6.26. The molecule has 0 radical (unpaired) electrons. The lowest BCUT2D eigenvalue weighted by Gasteiger charge is -2.38. The van der Waals surface area contributed by atoms with E-state index in [4.69, 9.17) is 9.84 Å². The Morgan fingerprint density at radius 3 is 2.47 bits per heavy atom. The number of nitrogens with zero attached hydrogens (tertiary/aromatic N) is 2. The number of hydrogen-bond acceptors (Lipinski definition) is 4. The predicted octanol–water partition coefficient (Wildman–Crippen LogP) is 1.27. The van der Waals surface area contributed by atoms with Crippen molar-refractivity contribution >= 4 is 18.1 Å². The molecule has 0 aliphatic carbocycles. The van der Waals surface area contributed by atoms with E-state index in [0.29, 0.717) is 12.8 Å². The van der Waals surface area contributed by atoms with Crippen molar-refractivity contribution in [2.45, 2.75) is 51.3 Å². The molecule has 0 aromatic carbocycles. The number of carbonyl (C=O) groups is 3. The molecule has 7 nitrogen and oxygen atoms in total. The van der Waals surface area contributed by atoms with Crippen molar-refractivity contribution in [3.63, 3.8) is 0 Å². The highest BCUT2D eigenvalue weighted by Crippen LogP contribution is 2.31. The van der Waals surface area contributed by atoms with Crippen molar-refractivity contribution in [2.24, 2.45) is 0 Å². The third-order valence-corrected chi connectivity index (χ3v) is 3.28. The molecule has 2 aliphatic rings. The van der Waals surface area contributed by atoms with Crippen LogP contribution in [0.1, 0.15) is 33.6 Å². The van der Waals surface area contributed by atoms with Gasteiger partial charge in [-0.2, -0.15) is 0 Å². The van der Waals surface area contributed by atoms with Gasteiger partial charge in [0.25, 0.3) is 5.91 Å². The maximum Gasteiger partial charge on any atom is 0.417 e. The van der Waals surface area contributed by atoms with E-state index in [0.717, 1.165) is 9.80 Å². The molecule has 106 valence electrons. The molecule has 2 rings (SSSR count). The lowest BCUT2D eigenvalue weighted by molar-refractivity contribution is -0.139. The van der Waals surface area contributed by atoms with Gasteiger partial charge in [0.1, 0.15) is 11.6 Å². The second-order valence-corrected chi connectivity index (χ2v) is 5.87. The first-order valence-electron chi connectivity index (χ1n) is 6.26. The van der Waals surface area contributed by atoms with Crippen LogP contribution in [0.25, 0.3) is 0 Å². The van der Waals surface area contributed by atoms with Gasteiger partial charge < -0.3 is 9.84 Å². The van der Waals surface area contributed by atoms with Crippen molar-refractivity contribution in [1.29, 1.82) is 0 Å². The van der Waals surface area contributed by atoms with Gasteiger partial charge >= 0.3 is 12.2 Å². The summed E-state index contributed by atoms with van der Waals surface area (Å²) in [7, 11) is 0. The molecule has 0 spiro atoms. The zero-order valence-corrected chi connectivity index (χ0v) is 11.3. The highest BCUT2D eigenvalue weighted by Gasteiger charge is 2.50. The van der Waals surface area contributed by atoms with E-state index in [1.54, 1.807) is 20.8 Å². The Balaban J connectivity index is 2.14. The summed E-state index contributed by atoms with van der Waals surface area (Å²) >= 11 is 0. The standard InChI is InChI=1S/C12H18N2O5/c1-12(2,3)19-11(18)13-6-7-4-5-8(9(13)15)14(7)10(16)17/h7-8H,4-6H2,1-3H3,(H,16,17). The number of imide groups is 1. The van der Waals surface area contributed by atoms with Crippen LogP contribution in [0, 0.1) is 0 Å². The van der Waals surface area contributed by atoms with Crippen LogP contribution >= 0.6 is 0 Å². The van der Waals surface area contributed by atoms with E-state index < -0.39 is 29.7 Å². The Bertz CT molecular complexity index is 428. The van der Waals surface area contributed by atoms with Gasteiger partial charge in [-0.1, -0.05) is 0 Å². The highest BCUT2D eigenvalue weighted by molar-refractivity contribution is 5.98. The minimum atomic E-state index is -1.11. The first-order chi connectivity index (χ1) is 8.70. The van der Waals surface area contributed by atoms with E-state index in [-0.39, 0.29) is 12.6 Å². The lowest BCUT2D eigenvalue weighted by atomic mass is 10.2. The average Bonchev–Trinajstić information content (AvgIpc) is 2.58.